The van der Waals surface area contributed by atoms with Crippen LogP contribution in [0, 0.1) is 22.7 Å². The van der Waals surface area contributed by atoms with E-state index in [0.717, 1.165) is 0 Å². The molecule has 16 heavy (non-hydrogen) atoms. The first-order valence-corrected chi connectivity index (χ1v) is 4.63. The number of hydrogen-bond acceptors (Lipinski definition) is 4. The van der Waals surface area contributed by atoms with Crippen molar-refractivity contribution in [2.45, 2.75) is 6.04 Å². The normalized spacial score (nSPS) is 17.1. The van der Waals surface area contributed by atoms with Crippen molar-refractivity contribution >= 4 is 6.09 Å². The van der Waals surface area contributed by atoms with Gasteiger partial charge < -0.3 is 4.74 Å². The molecule has 0 aliphatic carbocycles. The van der Waals surface area contributed by atoms with Crippen LogP contribution in [0.4, 0.5) is 4.79 Å². The molecule has 1 fully saturated rings. The van der Waals surface area contributed by atoms with E-state index in [4.69, 9.17) is 15.3 Å². The van der Waals surface area contributed by atoms with Gasteiger partial charge in [-0.05, 0) is 24.3 Å². The van der Waals surface area contributed by atoms with Crippen molar-refractivity contribution in [3.8, 4) is 17.9 Å². The van der Waals surface area contributed by atoms with E-state index in [1.54, 1.807) is 24.3 Å². The maximum atomic E-state index is 11.4. The molecule has 2 rings (SSSR count). The smallest absolute Gasteiger partial charge is 0.410 e. The van der Waals surface area contributed by atoms with E-state index in [1.165, 1.54) is 4.90 Å². The third-order valence-corrected chi connectivity index (χ3v) is 2.18. The van der Waals surface area contributed by atoms with Gasteiger partial charge in [0.25, 0.3) is 0 Å². The van der Waals surface area contributed by atoms with Crippen LogP contribution < -0.4 is 4.74 Å². The zero-order valence-corrected chi connectivity index (χ0v) is 8.25. The quantitative estimate of drug-likeness (QED) is 0.658. The molecule has 78 valence electrons. The molecule has 1 unspecified atom stereocenters. The molecule has 1 aliphatic rings. The van der Waals surface area contributed by atoms with Gasteiger partial charge in [0.2, 0.25) is 0 Å². The highest BCUT2D eigenvalue weighted by Crippen LogP contribution is 2.20. The van der Waals surface area contributed by atoms with E-state index >= 15 is 0 Å². The van der Waals surface area contributed by atoms with Crippen molar-refractivity contribution in [3.63, 3.8) is 0 Å². The van der Waals surface area contributed by atoms with Gasteiger partial charge in [-0.15, -0.1) is 0 Å². The third kappa shape index (κ3) is 1.94. The number of carbonyl (C=O) groups is 1. The molecule has 1 aliphatic heterocycles. The summed E-state index contributed by atoms with van der Waals surface area (Å²) in [5.74, 6) is 0.368. The topological polar surface area (TPSA) is 76.9 Å². The number of benzene rings is 1. The van der Waals surface area contributed by atoms with Crippen LogP contribution in [0.25, 0.3) is 0 Å². The Morgan fingerprint density at radius 2 is 2.06 bits per heavy atom. The van der Waals surface area contributed by atoms with Crippen LogP contribution in [0.15, 0.2) is 24.3 Å². The van der Waals surface area contributed by atoms with E-state index in [0.29, 0.717) is 17.9 Å². The Bertz CT molecular complexity index is 495. The van der Waals surface area contributed by atoms with E-state index in [-0.39, 0.29) is 6.04 Å². The second kappa shape index (κ2) is 3.92. The minimum absolute atomic E-state index is 0.356. The van der Waals surface area contributed by atoms with Crippen LogP contribution in [0.5, 0.6) is 5.75 Å². The van der Waals surface area contributed by atoms with E-state index < -0.39 is 6.09 Å². The standard InChI is InChI=1S/C11H7N3O2/c12-5-8-1-3-10(4-2-8)16-11(15)14-7-9(14)6-13/h1-4,9H,7H2. The summed E-state index contributed by atoms with van der Waals surface area (Å²) in [5, 5.41) is 17.1. The Balaban J connectivity index is 1.97. The molecule has 0 bridgehead atoms. The van der Waals surface area contributed by atoms with Gasteiger partial charge in [-0.3, -0.25) is 4.90 Å². The van der Waals surface area contributed by atoms with Gasteiger partial charge in [-0.1, -0.05) is 0 Å². The lowest BCUT2D eigenvalue weighted by atomic mass is 10.2. The van der Waals surface area contributed by atoms with Crippen molar-refractivity contribution in [1.29, 1.82) is 10.5 Å². The lowest BCUT2D eigenvalue weighted by molar-refractivity contribution is 0.184. The fourth-order valence-electron chi connectivity index (χ4n) is 1.21. The van der Waals surface area contributed by atoms with Gasteiger partial charge in [-0.2, -0.15) is 10.5 Å². The Morgan fingerprint density at radius 1 is 1.38 bits per heavy atom. The fraction of sp³-hybridized carbons (Fsp3) is 0.182. The van der Waals surface area contributed by atoms with Crippen LogP contribution >= 0.6 is 0 Å². The molecule has 0 saturated carbocycles. The summed E-state index contributed by atoms with van der Waals surface area (Å²) in [4.78, 5) is 12.7. The highest BCUT2D eigenvalue weighted by molar-refractivity contribution is 5.74. The minimum atomic E-state index is -0.531. The van der Waals surface area contributed by atoms with Crippen LogP contribution in [0.2, 0.25) is 0 Å². The average molecular weight is 213 g/mol. The molecular formula is C11H7N3O2. The number of rotatable bonds is 1. The number of amides is 1. The zero-order valence-electron chi connectivity index (χ0n) is 8.25. The maximum Gasteiger partial charge on any atom is 0.416 e. The van der Waals surface area contributed by atoms with Crippen LogP contribution in [0.3, 0.4) is 0 Å². The molecule has 1 heterocycles. The lowest BCUT2D eigenvalue weighted by Gasteiger charge is -2.04. The minimum Gasteiger partial charge on any atom is -0.410 e. The largest absolute Gasteiger partial charge is 0.416 e. The summed E-state index contributed by atoms with van der Waals surface area (Å²) in [6.07, 6.45) is -0.531. The SMILES string of the molecule is N#Cc1ccc(OC(=O)N2CC2C#N)cc1. The summed E-state index contributed by atoms with van der Waals surface area (Å²) in [6.45, 7) is 0.422. The Hall–Kier alpha value is -2.53. The Labute approximate surface area is 92.1 Å². The molecule has 5 nitrogen and oxygen atoms in total. The molecular weight excluding hydrogens is 206 g/mol. The van der Waals surface area contributed by atoms with Gasteiger partial charge in [-0.25, -0.2) is 4.79 Å². The number of nitriles is 2. The summed E-state index contributed by atoms with van der Waals surface area (Å²) < 4.78 is 5.00. The lowest BCUT2D eigenvalue weighted by Crippen LogP contribution is -2.17. The monoisotopic (exact) mass is 213 g/mol. The zero-order chi connectivity index (χ0) is 11.5. The van der Waals surface area contributed by atoms with Gasteiger partial charge in [0.1, 0.15) is 11.8 Å². The average Bonchev–Trinajstić information content (AvgIpc) is 3.09. The van der Waals surface area contributed by atoms with Crippen LogP contribution in [-0.2, 0) is 0 Å². The van der Waals surface area contributed by atoms with Crippen molar-refractivity contribution in [1.82, 2.24) is 4.90 Å². The second-order valence-corrected chi connectivity index (χ2v) is 3.30. The van der Waals surface area contributed by atoms with Crippen LogP contribution in [0.1, 0.15) is 5.56 Å². The number of hydrogen-bond donors (Lipinski definition) is 0. The number of nitrogens with zero attached hydrogens (tertiary/aromatic N) is 3. The first-order valence-electron chi connectivity index (χ1n) is 4.63. The van der Waals surface area contributed by atoms with E-state index in [2.05, 4.69) is 0 Å². The molecule has 1 atom stereocenters. The van der Waals surface area contributed by atoms with E-state index in [1.807, 2.05) is 12.1 Å². The predicted molar refractivity (Wildman–Crippen MR) is 53.3 cm³/mol. The van der Waals surface area contributed by atoms with Crippen molar-refractivity contribution < 1.29 is 9.53 Å². The Kier molecular flexibility index (Phi) is 2.45. The summed E-state index contributed by atoms with van der Waals surface area (Å²) in [6, 6.07) is 9.78. The number of carbonyl (C=O) groups excluding carboxylic acids is 1. The molecule has 1 amide bonds. The van der Waals surface area contributed by atoms with Crippen molar-refractivity contribution in [2.75, 3.05) is 6.54 Å². The van der Waals surface area contributed by atoms with Crippen molar-refractivity contribution in [2.24, 2.45) is 0 Å². The van der Waals surface area contributed by atoms with Gasteiger partial charge in [0, 0.05) is 0 Å². The van der Waals surface area contributed by atoms with Gasteiger partial charge in [0.05, 0.1) is 24.2 Å². The first-order chi connectivity index (χ1) is 7.74. The molecule has 0 spiro atoms. The highest BCUT2D eigenvalue weighted by atomic mass is 16.6. The third-order valence-electron chi connectivity index (χ3n) is 2.18. The molecule has 1 aromatic carbocycles. The molecule has 0 N–H and O–H groups in total. The second-order valence-electron chi connectivity index (χ2n) is 3.30. The fourth-order valence-corrected chi connectivity index (χ4v) is 1.21. The van der Waals surface area contributed by atoms with Crippen LogP contribution in [-0.4, -0.2) is 23.6 Å². The molecule has 5 heteroatoms. The first kappa shape index (κ1) is 10.0. The molecule has 0 aromatic heterocycles. The number of ether oxygens (including phenoxy) is 1. The highest BCUT2D eigenvalue weighted by Gasteiger charge is 2.40. The Morgan fingerprint density at radius 3 is 2.56 bits per heavy atom. The van der Waals surface area contributed by atoms with Crippen molar-refractivity contribution in [3.05, 3.63) is 29.8 Å². The summed E-state index contributed by atoms with van der Waals surface area (Å²) >= 11 is 0. The summed E-state index contributed by atoms with van der Waals surface area (Å²) in [7, 11) is 0. The predicted octanol–water partition coefficient (Wildman–Crippen LogP) is 1.26. The van der Waals surface area contributed by atoms with Gasteiger partial charge in [0.15, 0.2) is 0 Å². The maximum absolute atomic E-state index is 11.4. The molecule has 1 aromatic rings. The molecule has 1 saturated heterocycles. The van der Waals surface area contributed by atoms with E-state index in [9.17, 15) is 4.79 Å². The van der Waals surface area contributed by atoms with Gasteiger partial charge >= 0.3 is 6.09 Å². The molecule has 0 radical (unpaired) electrons. The summed E-state index contributed by atoms with van der Waals surface area (Å²) in [5.41, 5.74) is 0.501.